The highest BCUT2D eigenvalue weighted by Gasteiger charge is 2.40. The smallest absolute Gasteiger partial charge is 0.404 e. The van der Waals surface area contributed by atoms with Crippen LogP contribution in [0.1, 0.15) is 6.92 Å². The molecule has 4 N–H and O–H groups in total. The Hall–Kier alpha value is -0.810. The van der Waals surface area contributed by atoms with Gasteiger partial charge in [0.25, 0.3) is 0 Å². The molecular weight excluding hydrogens is 148 g/mol. The van der Waals surface area contributed by atoms with E-state index in [0.717, 1.165) is 0 Å². The predicted molar refractivity (Wildman–Crippen MR) is 38.4 cm³/mol. The van der Waals surface area contributed by atoms with Crippen LogP contribution in [0.25, 0.3) is 0 Å². The van der Waals surface area contributed by atoms with Gasteiger partial charge in [-0.25, -0.2) is 4.79 Å². The Morgan fingerprint density at radius 3 is 2.55 bits per heavy atom. The van der Waals surface area contributed by atoms with Crippen molar-refractivity contribution >= 4 is 6.09 Å². The van der Waals surface area contributed by atoms with Gasteiger partial charge in [-0.1, -0.05) is 0 Å². The van der Waals surface area contributed by atoms with Crippen LogP contribution < -0.4 is 10.6 Å². The van der Waals surface area contributed by atoms with Crippen molar-refractivity contribution in [1.29, 1.82) is 0 Å². The van der Waals surface area contributed by atoms with E-state index in [9.17, 15) is 9.90 Å². The minimum atomic E-state index is -1.10. The van der Waals surface area contributed by atoms with Crippen LogP contribution in [0, 0.1) is 0 Å². The van der Waals surface area contributed by atoms with Gasteiger partial charge in [-0.3, -0.25) is 0 Å². The van der Waals surface area contributed by atoms with Gasteiger partial charge in [-0.15, -0.1) is 0 Å². The van der Waals surface area contributed by atoms with E-state index in [4.69, 9.17) is 5.11 Å². The summed E-state index contributed by atoms with van der Waals surface area (Å²) in [7, 11) is 0. The van der Waals surface area contributed by atoms with E-state index in [1.54, 1.807) is 6.92 Å². The first-order chi connectivity index (χ1) is 5.04. The second-order valence-corrected chi connectivity index (χ2v) is 2.88. The first-order valence-corrected chi connectivity index (χ1v) is 3.47. The van der Waals surface area contributed by atoms with E-state index in [1.165, 1.54) is 0 Å². The monoisotopic (exact) mass is 160 g/mol. The molecule has 1 saturated heterocycles. The van der Waals surface area contributed by atoms with Crippen molar-refractivity contribution in [3.05, 3.63) is 0 Å². The second kappa shape index (κ2) is 2.67. The van der Waals surface area contributed by atoms with Crippen molar-refractivity contribution in [2.24, 2.45) is 0 Å². The van der Waals surface area contributed by atoms with Crippen LogP contribution in [0.4, 0.5) is 4.79 Å². The summed E-state index contributed by atoms with van der Waals surface area (Å²) in [6, 6.07) is -0.416. The molecule has 5 nitrogen and oxygen atoms in total. The Balaban J connectivity index is 2.40. The second-order valence-electron chi connectivity index (χ2n) is 2.88. The maximum absolute atomic E-state index is 10.2. The standard InChI is InChI=1S/C6H12N2O3/c1-4(8-5(9)10)6(11)2-7-3-6/h4,7-8,11H,2-3H2,1H3,(H,9,10)/t4-/m0/s1. The van der Waals surface area contributed by atoms with Crippen LogP contribution in [0.2, 0.25) is 0 Å². The van der Waals surface area contributed by atoms with E-state index >= 15 is 0 Å². The summed E-state index contributed by atoms with van der Waals surface area (Å²) < 4.78 is 0. The lowest BCUT2D eigenvalue weighted by Gasteiger charge is -2.42. The van der Waals surface area contributed by atoms with Gasteiger partial charge in [-0.05, 0) is 6.92 Å². The van der Waals surface area contributed by atoms with Crippen molar-refractivity contribution < 1.29 is 15.0 Å². The third-order valence-electron chi connectivity index (χ3n) is 2.01. The van der Waals surface area contributed by atoms with Crippen LogP contribution in [0.3, 0.4) is 0 Å². The number of rotatable bonds is 2. The van der Waals surface area contributed by atoms with Gasteiger partial charge >= 0.3 is 6.09 Å². The van der Waals surface area contributed by atoms with Crippen molar-refractivity contribution in [3.8, 4) is 0 Å². The number of aliphatic hydroxyl groups is 1. The lowest BCUT2D eigenvalue weighted by molar-refractivity contribution is -0.0361. The van der Waals surface area contributed by atoms with Crippen molar-refractivity contribution in [2.75, 3.05) is 13.1 Å². The first-order valence-electron chi connectivity index (χ1n) is 3.47. The number of carbonyl (C=O) groups is 1. The molecular formula is C6H12N2O3. The number of hydrogen-bond acceptors (Lipinski definition) is 3. The summed E-state index contributed by atoms with van der Waals surface area (Å²) in [5.74, 6) is 0. The van der Waals surface area contributed by atoms with Gasteiger partial charge < -0.3 is 20.8 Å². The minimum absolute atomic E-state index is 0.416. The summed E-state index contributed by atoms with van der Waals surface area (Å²) in [4.78, 5) is 10.2. The lowest BCUT2D eigenvalue weighted by atomic mass is 9.89. The summed E-state index contributed by atoms with van der Waals surface area (Å²) >= 11 is 0. The summed E-state index contributed by atoms with van der Waals surface area (Å²) in [5.41, 5.74) is -0.890. The molecule has 0 bridgehead atoms. The minimum Gasteiger partial charge on any atom is -0.465 e. The third-order valence-corrected chi connectivity index (χ3v) is 2.01. The summed E-state index contributed by atoms with van der Waals surface area (Å²) in [6.07, 6.45) is -1.10. The van der Waals surface area contributed by atoms with E-state index in [1.807, 2.05) is 0 Å². The van der Waals surface area contributed by atoms with Gasteiger partial charge in [0.05, 0.1) is 6.04 Å². The SMILES string of the molecule is C[C@H](NC(=O)O)C1(O)CNC1. The predicted octanol–water partition coefficient (Wildman–Crippen LogP) is -1.02. The molecule has 1 amide bonds. The molecule has 0 radical (unpaired) electrons. The van der Waals surface area contributed by atoms with Crippen molar-refractivity contribution in [2.45, 2.75) is 18.6 Å². The van der Waals surface area contributed by atoms with Gasteiger partial charge in [0, 0.05) is 13.1 Å². The fourth-order valence-electron chi connectivity index (χ4n) is 1.01. The van der Waals surface area contributed by atoms with Gasteiger partial charge in [0.2, 0.25) is 0 Å². The lowest BCUT2D eigenvalue weighted by Crippen LogP contribution is -2.68. The molecule has 0 unspecified atom stereocenters. The van der Waals surface area contributed by atoms with Gasteiger partial charge in [0.1, 0.15) is 5.60 Å². The van der Waals surface area contributed by atoms with Crippen LogP contribution in [0.5, 0.6) is 0 Å². The molecule has 5 heteroatoms. The average Bonchev–Trinajstić information content (AvgIpc) is 1.81. The molecule has 0 saturated carbocycles. The molecule has 1 aliphatic heterocycles. The molecule has 1 heterocycles. The summed E-state index contributed by atoms with van der Waals surface area (Å²) in [5, 5.41) is 22.9. The highest BCUT2D eigenvalue weighted by atomic mass is 16.4. The molecule has 0 aliphatic carbocycles. The molecule has 1 rings (SSSR count). The largest absolute Gasteiger partial charge is 0.465 e. The summed E-state index contributed by atoms with van der Waals surface area (Å²) in [6.45, 7) is 2.55. The quantitative estimate of drug-likeness (QED) is 0.416. The maximum atomic E-state index is 10.2. The molecule has 0 aromatic carbocycles. The van der Waals surface area contributed by atoms with Gasteiger partial charge in [-0.2, -0.15) is 0 Å². The molecule has 1 atom stereocenters. The number of amides is 1. The van der Waals surface area contributed by atoms with Crippen LogP contribution in [0.15, 0.2) is 0 Å². The fraction of sp³-hybridized carbons (Fsp3) is 0.833. The zero-order chi connectivity index (χ0) is 8.48. The van der Waals surface area contributed by atoms with Gasteiger partial charge in [0.15, 0.2) is 0 Å². The van der Waals surface area contributed by atoms with Crippen LogP contribution >= 0.6 is 0 Å². The molecule has 0 spiro atoms. The van der Waals surface area contributed by atoms with E-state index in [0.29, 0.717) is 13.1 Å². The molecule has 64 valence electrons. The zero-order valence-electron chi connectivity index (χ0n) is 6.29. The number of hydrogen-bond donors (Lipinski definition) is 4. The highest BCUT2D eigenvalue weighted by molar-refractivity contribution is 5.65. The fourth-order valence-corrected chi connectivity index (χ4v) is 1.01. The first kappa shape index (κ1) is 8.29. The van der Waals surface area contributed by atoms with Crippen molar-refractivity contribution in [3.63, 3.8) is 0 Å². The molecule has 1 aliphatic rings. The molecule has 11 heavy (non-hydrogen) atoms. The van der Waals surface area contributed by atoms with Crippen LogP contribution in [-0.2, 0) is 0 Å². The average molecular weight is 160 g/mol. The Morgan fingerprint density at radius 1 is 1.73 bits per heavy atom. The number of nitrogens with one attached hydrogen (secondary N) is 2. The Bertz CT molecular complexity index is 167. The Kier molecular flexibility index (Phi) is 2.01. The Labute approximate surface area is 64.4 Å². The highest BCUT2D eigenvalue weighted by Crippen LogP contribution is 2.14. The van der Waals surface area contributed by atoms with Crippen molar-refractivity contribution in [1.82, 2.24) is 10.6 Å². The van der Waals surface area contributed by atoms with Crippen LogP contribution in [-0.4, -0.2) is 41.0 Å². The maximum Gasteiger partial charge on any atom is 0.404 e. The van der Waals surface area contributed by atoms with E-state index in [2.05, 4.69) is 10.6 Å². The Morgan fingerprint density at radius 2 is 2.27 bits per heavy atom. The normalized spacial score (nSPS) is 23.5. The topological polar surface area (TPSA) is 81.6 Å². The molecule has 0 aromatic heterocycles. The zero-order valence-corrected chi connectivity index (χ0v) is 6.29. The molecule has 0 aromatic rings. The van der Waals surface area contributed by atoms with E-state index in [-0.39, 0.29) is 0 Å². The number of carboxylic acid groups (broad SMARTS) is 1. The molecule has 1 fully saturated rings. The number of β-amino-alcohol motifs (C(OH)–C–C–N with tert-alkyl or cyclic N) is 1. The van der Waals surface area contributed by atoms with E-state index < -0.39 is 17.7 Å². The third kappa shape index (κ3) is 1.61.